The first kappa shape index (κ1) is 14.8. The predicted molar refractivity (Wildman–Crippen MR) is 72.8 cm³/mol. The topological polar surface area (TPSA) is 70.6 Å². The Balaban J connectivity index is 1.57. The van der Waals surface area contributed by atoms with Crippen LogP contribution in [0.25, 0.3) is 0 Å². The van der Waals surface area contributed by atoms with Gasteiger partial charge in [0.15, 0.2) is 0 Å². The monoisotopic (exact) mass is 270 g/mol. The summed E-state index contributed by atoms with van der Waals surface area (Å²) in [4.78, 5) is 11.8. The fourth-order valence-corrected chi connectivity index (χ4v) is 2.95. The third-order valence-corrected chi connectivity index (χ3v) is 4.19. The Hall–Kier alpha value is -0.650. The zero-order valence-corrected chi connectivity index (χ0v) is 11.7. The van der Waals surface area contributed by atoms with Crippen molar-refractivity contribution in [2.24, 2.45) is 5.92 Å². The summed E-state index contributed by atoms with van der Waals surface area (Å²) >= 11 is 0. The molecule has 1 saturated heterocycles. The zero-order valence-electron chi connectivity index (χ0n) is 11.7. The molecule has 2 rings (SSSR count). The van der Waals surface area contributed by atoms with Crippen LogP contribution in [0.2, 0.25) is 0 Å². The van der Waals surface area contributed by atoms with Gasteiger partial charge in [-0.1, -0.05) is 19.8 Å². The molecule has 1 amide bonds. The number of carbonyl (C=O) groups is 1. The number of aliphatic hydroxyl groups excluding tert-OH is 1. The van der Waals surface area contributed by atoms with Gasteiger partial charge in [-0.25, -0.2) is 0 Å². The van der Waals surface area contributed by atoms with E-state index in [-0.39, 0.29) is 11.9 Å². The molecule has 1 heterocycles. The van der Waals surface area contributed by atoms with Crippen LogP contribution in [0.3, 0.4) is 0 Å². The molecule has 0 spiro atoms. The van der Waals surface area contributed by atoms with Crippen LogP contribution < -0.4 is 10.6 Å². The quantitative estimate of drug-likeness (QED) is 0.633. The van der Waals surface area contributed by atoms with Gasteiger partial charge in [-0.05, 0) is 25.2 Å². The van der Waals surface area contributed by atoms with Crippen LogP contribution in [0.15, 0.2) is 0 Å². The molecule has 0 aromatic heterocycles. The molecule has 19 heavy (non-hydrogen) atoms. The highest BCUT2D eigenvalue weighted by atomic mass is 16.5. The van der Waals surface area contributed by atoms with Crippen LogP contribution in [0.1, 0.15) is 39.0 Å². The first-order chi connectivity index (χ1) is 9.16. The van der Waals surface area contributed by atoms with E-state index in [1.54, 1.807) is 0 Å². The van der Waals surface area contributed by atoms with Crippen molar-refractivity contribution in [3.63, 3.8) is 0 Å². The first-order valence-electron chi connectivity index (χ1n) is 7.47. The molecule has 1 aliphatic carbocycles. The van der Waals surface area contributed by atoms with Crippen molar-refractivity contribution < 1.29 is 14.6 Å². The molecule has 0 radical (unpaired) electrons. The molecule has 1 aliphatic heterocycles. The van der Waals surface area contributed by atoms with Crippen molar-refractivity contribution in [2.45, 2.75) is 57.3 Å². The summed E-state index contributed by atoms with van der Waals surface area (Å²) in [6, 6.07) is -0.247. The summed E-state index contributed by atoms with van der Waals surface area (Å²) < 4.78 is 5.84. The van der Waals surface area contributed by atoms with Gasteiger partial charge in [0.2, 0.25) is 5.91 Å². The van der Waals surface area contributed by atoms with E-state index in [1.807, 2.05) is 0 Å². The molecule has 0 bridgehead atoms. The molecule has 0 unspecified atom stereocenters. The third-order valence-electron chi connectivity index (χ3n) is 4.19. The van der Waals surface area contributed by atoms with E-state index in [0.29, 0.717) is 38.1 Å². The van der Waals surface area contributed by atoms with Crippen LogP contribution in [-0.4, -0.2) is 49.0 Å². The molecule has 2 fully saturated rings. The van der Waals surface area contributed by atoms with Gasteiger partial charge < -0.3 is 20.5 Å². The van der Waals surface area contributed by atoms with Crippen molar-refractivity contribution in [3.8, 4) is 0 Å². The number of aliphatic hydroxyl groups is 1. The van der Waals surface area contributed by atoms with Gasteiger partial charge in [-0.3, -0.25) is 4.79 Å². The van der Waals surface area contributed by atoms with Gasteiger partial charge in [-0.2, -0.15) is 0 Å². The summed E-state index contributed by atoms with van der Waals surface area (Å²) in [5.41, 5.74) is 0. The number of hydrogen-bond donors (Lipinski definition) is 3. The lowest BCUT2D eigenvalue weighted by Crippen LogP contribution is -2.42. The highest BCUT2D eigenvalue weighted by Gasteiger charge is 2.27. The molecule has 0 aromatic rings. The second-order valence-electron chi connectivity index (χ2n) is 5.81. The van der Waals surface area contributed by atoms with Crippen molar-refractivity contribution in [1.29, 1.82) is 0 Å². The SMILES string of the molecule is C[C@@H]1CCCC[C@@H]1OCCNC(=O)[C@H]1C[C@H](O)CN1. The van der Waals surface area contributed by atoms with Crippen LogP contribution >= 0.6 is 0 Å². The molecule has 110 valence electrons. The Morgan fingerprint density at radius 3 is 2.89 bits per heavy atom. The predicted octanol–water partition coefficient (Wildman–Crippen LogP) is 0.421. The molecule has 0 aromatic carbocycles. The fraction of sp³-hybridized carbons (Fsp3) is 0.929. The number of carbonyl (C=O) groups excluding carboxylic acids is 1. The number of β-amino-alcohol motifs (C(OH)–C–C–N with tert-alkyl or cyclic N) is 1. The van der Waals surface area contributed by atoms with E-state index >= 15 is 0 Å². The molecule has 4 atom stereocenters. The van der Waals surface area contributed by atoms with Gasteiger partial charge in [-0.15, -0.1) is 0 Å². The normalized spacial score (nSPS) is 35.3. The average Bonchev–Trinajstić information content (AvgIpc) is 2.83. The molecular weight excluding hydrogens is 244 g/mol. The van der Waals surface area contributed by atoms with Gasteiger partial charge >= 0.3 is 0 Å². The number of nitrogens with one attached hydrogen (secondary N) is 2. The minimum atomic E-state index is -0.393. The highest BCUT2D eigenvalue weighted by Crippen LogP contribution is 2.25. The Morgan fingerprint density at radius 1 is 1.42 bits per heavy atom. The second-order valence-corrected chi connectivity index (χ2v) is 5.81. The number of rotatable bonds is 5. The maximum atomic E-state index is 11.8. The van der Waals surface area contributed by atoms with Crippen LogP contribution in [0.5, 0.6) is 0 Å². The van der Waals surface area contributed by atoms with E-state index in [9.17, 15) is 9.90 Å². The number of hydrogen-bond acceptors (Lipinski definition) is 4. The zero-order chi connectivity index (χ0) is 13.7. The highest BCUT2D eigenvalue weighted by molar-refractivity contribution is 5.82. The van der Waals surface area contributed by atoms with Crippen LogP contribution in [0, 0.1) is 5.92 Å². The Bertz CT molecular complexity index is 298. The van der Waals surface area contributed by atoms with Crippen LogP contribution in [-0.2, 0) is 9.53 Å². The van der Waals surface area contributed by atoms with E-state index in [4.69, 9.17) is 4.74 Å². The molecular formula is C14H26N2O3. The van der Waals surface area contributed by atoms with E-state index in [0.717, 1.165) is 6.42 Å². The van der Waals surface area contributed by atoms with E-state index in [2.05, 4.69) is 17.6 Å². The summed E-state index contributed by atoms with van der Waals surface area (Å²) in [6.07, 6.45) is 5.43. The number of amides is 1. The lowest BCUT2D eigenvalue weighted by molar-refractivity contribution is -0.123. The Morgan fingerprint density at radius 2 is 2.21 bits per heavy atom. The van der Waals surface area contributed by atoms with E-state index < -0.39 is 6.10 Å². The smallest absolute Gasteiger partial charge is 0.237 e. The summed E-state index contributed by atoms with van der Waals surface area (Å²) in [5, 5.41) is 15.2. The fourth-order valence-electron chi connectivity index (χ4n) is 2.95. The molecule has 5 nitrogen and oxygen atoms in total. The maximum Gasteiger partial charge on any atom is 0.237 e. The van der Waals surface area contributed by atoms with Crippen LogP contribution in [0.4, 0.5) is 0 Å². The third kappa shape index (κ3) is 4.44. The molecule has 3 N–H and O–H groups in total. The lowest BCUT2D eigenvalue weighted by Gasteiger charge is -2.28. The summed E-state index contributed by atoms with van der Waals surface area (Å²) in [5.74, 6) is 0.605. The van der Waals surface area contributed by atoms with Gasteiger partial charge in [0.25, 0.3) is 0 Å². The van der Waals surface area contributed by atoms with Gasteiger partial charge in [0, 0.05) is 13.1 Å². The largest absolute Gasteiger partial charge is 0.392 e. The van der Waals surface area contributed by atoms with Crippen molar-refractivity contribution in [1.82, 2.24) is 10.6 Å². The average molecular weight is 270 g/mol. The van der Waals surface area contributed by atoms with E-state index in [1.165, 1.54) is 19.3 Å². The van der Waals surface area contributed by atoms with Gasteiger partial charge in [0.05, 0.1) is 24.9 Å². The minimum absolute atomic E-state index is 0.0307. The number of ether oxygens (including phenoxy) is 1. The minimum Gasteiger partial charge on any atom is -0.392 e. The van der Waals surface area contributed by atoms with Crippen molar-refractivity contribution >= 4 is 5.91 Å². The second kappa shape index (κ2) is 7.22. The molecule has 5 heteroatoms. The summed E-state index contributed by atoms with van der Waals surface area (Å²) in [7, 11) is 0. The maximum absolute atomic E-state index is 11.8. The van der Waals surface area contributed by atoms with Crippen molar-refractivity contribution in [2.75, 3.05) is 19.7 Å². The van der Waals surface area contributed by atoms with Crippen molar-refractivity contribution in [3.05, 3.63) is 0 Å². The Labute approximate surface area is 115 Å². The molecule has 1 saturated carbocycles. The standard InChI is InChI=1S/C14H26N2O3/c1-10-4-2-3-5-13(10)19-7-6-15-14(18)12-8-11(17)9-16-12/h10-13,16-17H,2-9H2,1H3,(H,15,18)/t10-,11+,12-,13+/m1/s1. The first-order valence-corrected chi connectivity index (χ1v) is 7.47. The Kier molecular flexibility index (Phi) is 5.60. The molecule has 2 aliphatic rings. The lowest BCUT2D eigenvalue weighted by atomic mass is 9.88. The summed E-state index contributed by atoms with van der Waals surface area (Å²) in [6.45, 7) is 3.88. The van der Waals surface area contributed by atoms with Gasteiger partial charge in [0.1, 0.15) is 0 Å².